The number of rotatable bonds is 4. The summed E-state index contributed by atoms with van der Waals surface area (Å²) >= 11 is 0. The van der Waals surface area contributed by atoms with Crippen molar-refractivity contribution in [2.24, 2.45) is 0 Å². The number of aromatic nitrogens is 1. The lowest BCUT2D eigenvalue weighted by atomic mass is 9.87. The Labute approximate surface area is 233 Å². The minimum Gasteiger partial charge on any atom is -0.248 e. The van der Waals surface area contributed by atoms with Crippen LogP contribution in [0.3, 0.4) is 0 Å². The quantitative estimate of drug-likeness (QED) is 0.216. The van der Waals surface area contributed by atoms with Crippen LogP contribution >= 0.6 is 0 Å². The van der Waals surface area contributed by atoms with Crippen LogP contribution in [0.5, 0.6) is 0 Å². The zero-order valence-electron chi connectivity index (χ0n) is 21.9. The molecule has 0 unspecified atom stereocenters. The van der Waals surface area contributed by atoms with Gasteiger partial charge in [0.05, 0.1) is 11.4 Å². The Morgan fingerprint density at radius 1 is 0.325 bits per heavy atom. The van der Waals surface area contributed by atoms with E-state index in [-0.39, 0.29) is 0 Å². The molecule has 1 aromatic heterocycles. The highest BCUT2D eigenvalue weighted by atomic mass is 14.7. The molecule has 1 heterocycles. The normalized spacial score (nSPS) is 11.5. The molecule has 40 heavy (non-hydrogen) atoms. The van der Waals surface area contributed by atoms with E-state index in [1.807, 2.05) is 6.07 Å². The smallest absolute Gasteiger partial charge is 0.0709 e. The van der Waals surface area contributed by atoms with Gasteiger partial charge in [-0.05, 0) is 72.8 Å². The van der Waals surface area contributed by atoms with Gasteiger partial charge >= 0.3 is 0 Å². The van der Waals surface area contributed by atoms with Gasteiger partial charge in [-0.2, -0.15) is 0 Å². The first-order valence-electron chi connectivity index (χ1n) is 13.7. The largest absolute Gasteiger partial charge is 0.248 e. The molecular weight excluding hydrogens is 482 g/mol. The summed E-state index contributed by atoms with van der Waals surface area (Å²) in [5.41, 5.74) is 9.18. The molecule has 0 radical (unpaired) electrons. The second-order valence-electron chi connectivity index (χ2n) is 10.4. The van der Waals surface area contributed by atoms with Crippen molar-refractivity contribution in [3.8, 4) is 44.8 Å². The Morgan fingerprint density at radius 3 is 1.45 bits per heavy atom. The molecule has 7 aromatic carbocycles. The van der Waals surface area contributed by atoms with Crippen LogP contribution in [0.15, 0.2) is 152 Å². The highest BCUT2D eigenvalue weighted by Gasteiger charge is 2.15. The lowest BCUT2D eigenvalue weighted by Crippen LogP contribution is -1.90. The van der Waals surface area contributed by atoms with Gasteiger partial charge in [0.1, 0.15) is 0 Å². The van der Waals surface area contributed by atoms with Crippen LogP contribution in [0.4, 0.5) is 0 Å². The first kappa shape index (κ1) is 22.7. The number of hydrogen-bond acceptors (Lipinski definition) is 1. The first-order valence-corrected chi connectivity index (χ1v) is 13.7. The van der Waals surface area contributed by atoms with E-state index >= 15 is 0 Å². The molecule has 0 spiro atoms. The van der Waals surface area contributed by atoms with Crippen molar-refractivity contribution >= 4 is 32.3 Å². The average Bonchev–Trinajstić information content (AvgIpc) is 3.04. The molecule has 0 aliphatic heterocycles. The lowest BCUT2D eigenvalue weighted by molar-refractivity contribution is 1.32. The third kappa shape index (κ3) is 3.67. The van der Waals surface area contributed by atoms with E-state index < -0.39 is 0 Å². The van der Waals surface area contributed by atoms with Gasteiger partial charge in [-0.25, -0.2) is 4.98 Å². The number of nitrogens with zero attached hydrogens (tertiary/aromatic N) is 1. The Bertz CT molecular complexity index is 2140. The van der Waals surface area contributed by atoms with E-state index in [0.717, 1.165) is 22.5 Å². The zero-order chi connectivity index (χ0) is 26.5. The van der Waals surface area contributed by atoms with E-state index in [9.17, 15) is 0 Å². The molecule has 8 aromatic rings. The van der Waals surface area contributed by atoms with Gasteiger partial charge in [0.25, 0.3) is 0 Å². The van der Waals surface area contributed by atoms with Gasteiger partial charge in [-0.3, -0.25) is 0 Å². The standard InChI is InChI=1S/C39H25N/c1-3-9-26(10-4-1)32-21-17-28-20-24-35-33(22-18-29-19-23-34(32)38(28)39(29)35)30-13-7-14-31(25-30)37-16-8-15-36(40-37)27-11-5-2-6-12-27/h1-25H. The monoisotopic (exact) mass is 507 g/mol. The molecule has 0 saturated heterocycles. The van der Waals surface area contributed by atoms with Crippen molar-refractivity contribution in [3.63, 3.8) is 0 Å². The van der Waals surface area contributed by atoms with Crippen molar-refractivity contribution in [2.45, 2.75) is 0 Å². The Hall–Kier alpha value is -5.27. The van der Waals surface area contributed by atoms with Gasteiger partial charge in [0.2, 0.25) is 0 Å². The minimum atomic E-state index is 0.980. The SMILES string of the molecule is c1ccc(-c2cccc(-c3cccc(-c4ccc5ccc6c(-c7ccccc7)ccc7ccc4c5c76)c3)n2)cc1. The summed E-state index contributed by atoms with van der Waals surface area (Å²) in [5, 5.41) is 7.81. The van der Waals surface area contributed by atoms with Crippen molar-refractivity contribution in [2.75, 3.05) is 0 Å². The fourth-order valence-corrected chi connectivity index (χ4v) is 6.13. The fourth-order valence-electron chi connectivity index (χ4n) is 6.13. The van der Waals surface area contributed by atoms with Gasteiger partial charge in [-0.15, -0.1) is 0 Å². The van der Waals surface area contributed by atoms with Gasteiger partial charge in [-0.1, -0.05) is 133 Å². The molecule has 0 saturated carbocycles. The molecule has 0 N–H and O–H groups in total. The Balaban J connectivity index is 1.30. The van der Waals surface area contributed by atoms with Crippen LogP contribution in [-0.4, -0.2) is 4.98 Å². The maximum atomic E-state index is 5.02. The van der Waals surface area contributed by atoms with E-state index in [1.165, 1.54) is 54.6 Å². The maximum Gasteiger partial charge on any atom is 0.0709 e. The molecule has 0 bridgehead atoms. The lowest BCUT2D eigenvalue weighted by Gasteiger charge is -2.17. The minimum absolute atomic E-state index is 0.980. The summed E-state index contributed by atoms with van der Waals surface area (Å²) in [6.45, 7) is 0. The van der Waals surface area contributed by atoms with E-state index in [4.69, 9.17) is 4.98 Å². The summed E-state index contributed by atoms with van der Waals surface area (Å²) in [7, 11) is 0. The van der Waals surface area contributed by atoms with Gasteiger partial charge in [0.15, 0.2) is 0 Å². The van der Waals surface area contributed by atoms with Crippen LogP contribution in [0.1, 0.15) is 0 Å². The summed E-state index contributed by atoms with van der Waals surface area (Å²) in [4.78, 5) is 5.02. The summed E-state index contributed by atoms with van der Waals surface area (Å²) in [6.07, 6.45) is 0. The third-order valence-electron chi connectivity index (χ3n) is 8.04. The maximum absolute atomic E-state index is 5.02. The topological polar surface area (TPSA) is 12.9 Å². The highest BCUT2D eigenvalue weighted by molar-refractivity contribution is 6.27. The Kier molecular flexibility index (Phi) is 5.21. The van der Waals surface area contributed by atoms with Crippen molar-refractivity contribution in [3.05, 3.63) is 152 Å². The van der Waals surface area contributed by atoms with Crippen LogP contribution in [0.25, 0.3) is 77.1 Å². The second-order valence-corrected chi connectivity index (χ2v) is 10.4. The third-order valence-corrected chi connectivity index (χ3v) is 8.04. The summed E-state index contributed by atoms with van der Waals surface area (Å²) in [5.74, 6) is 0. The van der Waals surface area contributed by atoms with Crippen LogP contribution in [0.2, 0.25) is 0 Å². The van der Waals surface area contributed by atoms with Crippen molar-refractivity contribution in [1.82, 2.24) is 4.98 Å². The highest BCUT2D eigenvalue weighted by Crippen LogP contribution is 2.42. The number of hydrogen-bond donors (Lipinski definition) is 0. The van der Waals surface area contributed by atoms with E-state index in [0.29, 0.717) is 0 Å². The molecule has 0 aliphatic carbocycles. The summed E-state index contributed by atoms with van der Waals surface area (Å²) < 4.78 is 0. The molecular formula is C39H25N. The number of benzene rings is 7. The predicted octanol–water partition coefficient (Wildman–Crippen LogP) is 10.6. The first-order chi connectivity index (χ1) is 19.8. The Morgan fingerprint density at radius 2 is 0.800 bits per heavy atom. The van der Waals surface area contributed by atoms with Gasteiger partial charge < -0.3 is 0 Å². The van der Waals surface area contributed by atoms with Gasteiger partial charge in [0, 0.05) is 11.1 Å². The molecule has 1 nitrogen and oxygen atoms in total. The zero-order valence-corrected chi connectivity index (χ0v) is 21.9. The molecule has 1 heteroatoms. The van der Waals surface area contributed by atoms with Crippen LogP contribution in [-0.2, 0) is 0 Å². The van der Waals surface area contributed by atoms with E-state index in [1.54, 1.807) is 0 Å². The molecule has 0 fully saturated rings. The molecule has 0 amide bonds. The van der Waals surface area contributed by atoms with Crippen molar-refractivity contribution < 1.29 is 0 Å². The number of pyridine rings is 1. The van der Waals surface area contributed by atoms with E-state index in [2.05, 4.69) is 146 Å². The average molecular weight is 508 g/mol. The second kappa shape index (κ2) is 9.18. The van der Waals surface area contributed by atoms with Crippen molar-refractivity contribution in [1.29, 1.82) is 0 Å². The molecule has 186 valence electrons. The predicted molar refractivity (Wildman–Crippen MR) is 170 cm³/mol. The van der Waals surface area contributed by atoms with Crippen LogP contribution < -0.4 is 0 Å². The van der Waals surface area contributed by atoms with Crippen LogP contribution in [0, 0.1) is 0 Å². The fraction of sp³-hybridized carbons (Fsp3) is 0. The molecule has 0 atom stereocenters. The molecule has 8 rings (SSSR count). The molecule has 0 aliphatic rings. The summed E-state index contributed by atoms with van der Waals surface area (Å²) in [6, 6.07) is 54.3.